The summed E-state index contributed by atoms with van der Waals surface area (Å²) in [5.74, 6) is 1.84. The molecule has 0 unspecified atom stereocenters. The molecule has 0 atom stereocenters. The van der Waals surface area contributed by atoms with Crippen molar-refractivity contribution in [3.8, 4) is 0 Å². The predicted octanol–water partition coefficient (Wildman–Crippen LogP) is 4.17. The van der Waals surface area contributed by atoms with Crippen molar-refractivity contribution in [2.45, 2.75) is 25.4 Å². The van der Waals surface area contributed by atoms with Crippen LogP contribution in [0.15, 0.2) is 29.1 Å². The largest absolute Gasteiger partial charge is 0.309 e. The third-order valence-corrected chi connectivity index (χ3v) is 5.63. The molecule has 0 saturated heterocycles. The second-order valence-corrected chi connectivity index (χ2v) is 7.28. The van der Waals surface area contributed by atoms with Crippen LogP contribution in [0.1, 0.15) is 21.8 Å². The topological polar surface area (TPSA) is 45.8 Å². The van der Waals surface area contributed by atoms with Crippen LogP contribution in [-0.4, -0.2) is 9.97 Å². The third-order valence-electron chi connectivity index (χ3n) is 3.51. The number of benzene rings is 1. The number of halogens is 1. The molecule has 3 rings (SSSR count). The molecule has 1 N–H and O–H groups in total. The van der Waals surface area contributed by atoms with E-state index >= 15 is 0 Å². The summed E-state index contributed by atoms with van der Waals surface area (Å²) in [7, 11) is 0. The van der Waals surface area contributed by atoms with Crippen LogP contribution in [0.3, 0.4) is 0 Å². The fourth-order valence-corrected chi connectivity index (χ4v) is 4.12. The van der Waals surface area contributed by atoms with E-state index in [0.29, 0.717) is 17.0 Å². The summed E-state index contributed by atoms with van der Waals surface area (Å²) in [5.41, 5.74) is 2.00. The lowest BCUT2D eigenvalue weighted by atomic mass is 10.2. The fourth-order valence-electron chi connectivity index (χ4n) is 2.21. The van der Waals surface area contributed by atoms with Gasteiger partial charge in [0.05, 0.1) is 11.1 Å². The van der Waals surface area contributed by atoms with Crippen molar-refractivity contribution in [3.05, 3.63) is 62.3 Å². The van der Waals surface area contributed by atoms with Crippen molar-refractivity contribution in [1.29, 1.82) is 0 Å². The molecule has 1 aromatic carbocycles. The number of fused-ring (bicyclic) bond motifs is 1. The van der Waals surface area contributed by atoms with E-state index in [1.807, 2.05) is 13.8 Å². The Kier molecular flexibility index (Phi) is 4.31. The van der Waals surface area contributed by atoms with Gasteiger partial charge in [0.1, 0.15) is 16.5 Å². The van der Waals surface area contributed by atoms with E-state index in [4.69, 9.17) is 0 Å². The first kappa shape index (κ1) is 15.2. The first-order valence-electron chi connectivity index (χ1n) is 6.85. The number of hydrogen-bond donors (Lipinski definition) is 1. The van der Waals surface area contributed by atoms with Crippen LogP contribution in [0, 0.1) is 19.7 Å². The van der Waals surface area contributed by atoms with Crippen LogP contribution in [0.5, 0.6) is 0 Å². The maximum Gasteiger partial charge on any atom is 0.259 e. The molecule has 0 amide bonds. The highest BCUT2D eigenvalue weighted by Gasteiger charge is 2.11. The normalized spacial score (nSPS) is 11.2. The molecule has 3 aromatic rings. The van der Waals surface area contributed by atoms with E-state index in [1.54, 1.807) is 35.2 Å². The number of nitrogens with one attached hydrogen (secondary N) is 1. The number of nitrogens with zero attached hydrogens (tertiary/aromatic N) is 1. The van der Waals surface area contributed by atoms with E-state index in [9.17, 15) is 9.18 Å². The first-order chi connectivity index (χ1) is 10.5. The van der Waals surface area contributed by atoms with E-state index in [2.05, 4.69) is 9.97 Å². The number of aromatic amines is 1. The minimum absolute atomic E-state index is 0.0655. The lowest BCUT2D eigenvalue weighted by Crippen LogP contribution is -2.10. The lowest BCUT2D eigenvalue weighted by Gasteiger charge is -2.02. The van der Waals surface area contributed by atoms with Gasteiger partial charge in [-0.2, -0.15) is 0 Å². The minimum atomic E-state index is -0.228. The maximum absolute atomic E-state index is 12.8. The number of H-pyrrole nitrogens is 1. The van der Waals surface area contributed by atoms with E-state index < -0.39 is 0 Å². The molecule has 3 nitrogen and oxygen atoms in total. The molecule has 0 aliphatic rings. The van der Waals surface area contributed by atoms with Crippen molar-refractivity contribution >= 4 is 33.3 Å². The van der Waals surface area contributed by atoms with E-state index in [0.717, 1.165) is 26.6 Å². The molecule has 114 valence electrons. The van der Waals surface area contributed by atoms with Gasteiger partial charge in [-0.05, 0) is 37.1 Å². The summed E-state index contributed by atoms with van der Waals surface area (Å²) in [6.07, 6.45) is 0. The summed E-state index contributed by atoms with van der Waals surface area (Å²) >= 11 is 3.20. The molecule has 0 saturated carbocycles. The number of aromatic nitrogens is 2. The molecule has 2 aromatic heterocycles. The van der Waals surface area contributed by atoms with Gasteiger partial charge in [-0.25, -0.2) is 9.37 Å². The second kappa shape index (κ2) is 6.22. The van der Waals surface area contributed by atoms with Gasteiger partial charge >= 0.3 is 0 Å². The highest BCUT2D eigenvalue weighted by atomic mass is 32.2. The zero-order valence-corrected chi connectivity index (χ0v) is 13.9. The fraction of sp³-hybridized carbons (Fsp3) is 0.250. The predicted molar refractivity (Wildman–Crippen MR) is 91.1 cm³/mol. The molecule has 0 fully saturated rings. The number of thiophene rings is 1. The summed E-state index contributed by atoms with van der Waals surface area (Å²) < 4.78 is 12.8. The summed E-state index contributed by atoms with van der Waals surface area (Å²) in [6.45, 7) is 3.96. The molecule has 0 aliphatic heterocycles. The van der Waals surface area contributed by atoms with Gasteiger partial charge < -0.3 is 4.98 Å². The highest BCUT2D eigenvalue weighted by Crippen LogP contribution is 2.26. The number of aryl methyl sites for hydroxylation is 2. The van der Waals surface area contributed by atoms with Crippen molar-refractivity contribution < 1.29 is 4.39 Å². The standard InChI is InChI=1S/C16H15FN2OS2/c1-9-10(2)22-16-14(9)15(20)18-13(19-16)8-21-7-11-3-5-12(17)6-4-11/h3-6H,7-8H2,1-2H3,(H,18,19,20). The Balaban J connectivity index is 1.74. The van der Waals surface area contributed by atoms with Crippen LogP contribution >= 0.6 is 23.1 Å². The Labute approximate surface area is 135 Å². The van der Waals surface area contributed by atoms with Crippen LogP contribution in [0.25, 0.3) is 10.2 Å². The SMILES string of the molecule is Cc1sc2nc(CSCc3ccc(F)cc3)[nH]c(=O)c2c1C. The maximum atomic E-state index is 12.8. The summed E-state index contributed by atoms with van der Waals surface area (Å²) in [6, 6.07) is 6.46. The Morgan fingerprint density at radius 3 is 2.68 bits per heavy atom. The van der Waals surface area contributed by atoms with Gasteiger partial charge in [0.15, 0.2) is 0 Å². The van der Waals surface area contributed by atoms with Gasteiger partial charge in [-0.15, -0.1) is 23.1 Å². The van der Waals surface area contributed by atoms with Crippen molar-refractivity contribution in [2.75, 3.05) is 0 Å². The lowest BCUT2D eigenvalue weighted by molar-refractivity contribution is 0.627. The minimum Gasteiger partial charge on any atom is -0.309 e. The first-order valence-corrected chi connectivity index (χ1v) is 8.83. The average molecular weight is 334 g/mol. The zero-order valence-electron chi connectivity index (χ0n) is 12.3. The molecular weight excluding hydrogens is 319 g/mol. The average Bonchev–Trinajstić information content (AvgIpc) is 2.76. The van der Waals surface area contributed by atoms with Crippen LogP contribution in [0.4, 0.5) is 4.39 Å². The molecule has 0 radical (unpaired) electrons. The van der Waals surface area contributed by atoms with Crippen molar-refractivity contribution in [2.24, 2.45) is 0 Å². The molecule has 22 heavy (non-hydrogen) atoms. The summed E-state index contributed by atoms with van der Waals surface area (Å²) in [5, 5.41) is 0.704. The molecule has 0 spiro atoms. The third kappa shape index (κ3) is 3.08. The van der Waals surface area contributed by atoms with Gasteiger partial charge in [0.25, 0.3) is 5.56 Å². The Hall–Kier alpha value is -1.66. The molecule has 6 heteroatoms. The second-order valence-electron chi connectivity index (χ2n) is 5.10. The van der Waals surface area contributed by atoms with Gasteiger partial charge in [0.2, 0.25) is 0 Å². The zero-order chi connectivity index (χ0) is 15.7. The smallest absolute Gasteiger partial charge is 0.259 e. The van der Waals surface area contributed by atoms with Crippen molar-refractivity contribution in [3.63, 3.8) is 0 Å². The molecule has 0 bridgehead atoms. The van der Waals surface area contributed by atoms with Crippen LogP contribution in [-0.2, 0) is 11.5 Å². The van der Waals surface area contributed by atoms with Gasteiger partial charge in [-0.3, -0.25) is 4.79 Å². The van der Waals surface area contributed by atoms with Gasteiger partial charge in [-0.1, -0.05) is 12.1 Å². The number of hydrogen-bond acceptors (Lipinski definition) is 4. The molecular formula is C16H15FN2OS2. The highest BCUT2D eigenvalue weighted by molar-refractivity contribution is 7.97. The molecule has 2 heterocycles. The van der Waals surface area contributed by atoms with Crippen LogP contribution < -0.4 is 5.56 Å². The number of thioether (sulfide) groups is 1. The summed E-state index contributed by atoms with van der Waals surface area (Å²) in [4.78, 5) is 21.5. The van der Waals surface area contributed by atoms with Crippen molar-refractivity contribution in [1.82, 2.24) is 9.97 Å². The van der Waals surface area contributed by atoms with E-state index in [1.165, 1.54) is 12.1 Å². The Morgan fingerprint density at radius 2 is 1.95 bits per heavy atom. The monoisotopic (exact) mass is 334 g/mol. The quantitative estimate of drug-likeness (QED) is 0.779. The number of rotatable bonds is 4. The molecule has 0 aliphatic carbocycles. The van der Waals surface area contributed by atoms with E-state index in [-0.39, 0.29) is 11.4 Å². The van der Waals surface area contributed by atoms with Crippen LogP contribution in [0.2, 0.25) is 0 Å². The Morgan fingerprint density at radius 1 is 1.23 bits per heavy atom. The van der Waals surface area contributed by atoms with Gasteiger partial charge in [0, 0.05) is 10.6 Å². The Bertz CT molecular complexity index is 868.